The molecule has 0 saturated carbocycles. The van der Waals surface area contributed by atoms with Crippen LogP contribution in [0.2, 0.25) is 0 Å². The quantitative estimate of drug-likeness (QED) is 0.133. The Balaban J connectivity index is 1.19. The Morgan fingerprint density at radius 2 is 1.02 bits per heavy atom. The maximum atomic E-state index is 6.33. The highest BCUT2D eigenvalue weighted by Gasteiger charge is 2.18. The Bertz CT molecular complexity index is 2720. The minimum Gasteiger partial charge on any atom is -0.456 e. The van der Waals surface area contributed by atoms with Crippen molar-refractivity contribution in [1.29, 1.82) is 0 Å². The molecule has 1 heterocycles. The number of allylic oxidation sites excluding steroid dienone is 4. The van der Waals surface area contributed by atoms with Gasteiger partial charge in [-0.2, -0.15) is 0 Å². The molecule has 2 heteroatoms. The number of furan rings is 1. The third-order valence-electron chi connectivity index (χ3n) is 9.97. The van der Waals surface area contributed by atoms with Crippen LogP contribution in [0, 0.1) is 0 Å². The number of anilines is 2. The van der Waals surface area contributed by atoms with Gasteiger partial charge < -0.3 is 9.32 Å². The lowest BCUT2D eigenvalue weighted by atomic mass is 9.88. The third kappa shape index (κ3) is 4.96. The van der Waals surface area contributed by atoms with Gasteiger partial charge in [0.2, 0.25) is 0 Å². The largest absolute Gasteiger partial charge is 0.456 e. The molecular formula is C48H35NO. The monoisotopic (exact) mass is 641 g/mol. The first kappa shape index (κ1) is 29.7. The van der Waals surface area contributed by atoms with Crippen molar-refractivity contribution in [3.05, 3.63) is 187 Å². The summed E-state index contributed by atoms with van der Waals surface area (Å²) >= 11 is 0. The summed E-state index contributed by atoms with van der Waals surface area (Å²) in [5.41, 5.74) is 10.1. The number of rotatable bonds is 6. The number of para-hydroxylation sites is 2. The summed E-state index contributed by atoms with van der Waals surface area (Å²) in [6.45, 7) is 4.34. The number of benzene rings is 8. The average molecular weight is 642 g/mol. The predicted molar refractivity (Wildman–Crippen MR) is 214 cm³/mol. The first-order chi connectivity index (χ1) is 24.7. The Morgan fingerprint density at radius 1 is 0.440 bits per heavy atom. The third-order valence-corrected chi connectivity index (χ3v) is 9.97. The van der Waals surface area contributed by atoms with E-state index in [-0.39, 0.29) is 0 Å². The molecule has 0 amide bonds. The topological polar surface area (TPSA) is 16.4 Å². The average Bonchev–Trinajstić information content (AvgIpc) is 3.57. The zero-order valence-corrected chi connectivity index (χ0v) is 28.1. The van der Waals surface area contributed by atoms with E-state index < -0.39 is 0 Å². The fraction of sp³-hybridized carbons (Fsp3) is 0.0417. The van der Waals surface area contributed by atoms with E-state index in [1.165, 1.54) is 60.0 Å². The first-order valence-corrected chi connectivity index (χ1v) is 17.2. The summed E-state index contributed by atoms with van der Waals surface area (Å²) in [5.74, 6) is 0. The van der Waals surface area contributed by atoms with Crippen molar-refractivity contribution in [3.8, 4) is 11.1 Å². The molecule has 0 radical (unpaired) electrons. The Hall–Kier alpha value is -6.38. The van der Waals surface area contributed by atoms with Gasteiger partial charge in [-0.15, -0.1) is 0 Å². The van der Waals surface area contributed by atoms with Crippen LogP contribution in [0.15, 0.2) is 186 Å². The van der Waals surface area contributed by atoms with Gasteiger partial charge in [0, 0.05) is 33.2 Å². The molecule has 0 aliphatic carbocycles. The molecule has 8 aromatic carbocycles. The van der Waals surface area contributed by atoms with Gasteiger partial charge in [-0.3, -0.25) is 0 Å². The Labute approximate surface area is 291 Å². The van der Waals surface area contributed by atoms with Crippen LogP contribution in [0.3, 0.4) is 0 Å². The summed E-state index contributed by atoms with van der Waals surface area (Å²) < 4.78 is 6.33. The van der Waals surface area contributed by atoms with Gasteiger partial charge in [-0.1, -0.05) is 127 Å². The fourth-order valence-electron chi connectivity index (χ4n) is 7.59. The van der Waals surface area contributed by atoms with Crippen LogP contribution < -0.4 is 4.90 Å². The van der Waals surface area contributed by atoms with Crippen LogP contribution in [-0.4, -0.2) is 0 Å². The van der Waals surface area contributed by atoms with Gasteiger partial charge in [0.05, 0.1) is 0 Å². The molecule has 0 bridgehead atoms. The highest BCUT2D eigenvalue weighted by atomic mass is 16.3. The molecule has 1 aromatic heterocycles. The maximum absolute atomic E-state index is 6.33. The molecule has 0 aliphatic rings. The van der Waals surface area contributed by atoms with E-state index in [1.54, 1.807) is 0 Å². The summed E-state index contributed by atoms with van der Waals surface area (Å²) in [6.07, 6.45) is 4.42. The van der Waals surface area contributed by atoms with Gasteiger partial charge in [-0.05, 0) is 112 Å². The zero-order valence-electron chi connectivity index (χ0n) is 28.1. The van der Waals surface area contributed by atoms with E-state index in [2.05, 4.69) is 189 Å². The number of nitrogens with zero attached hydrogens (tertiary/aromatic N) is 1. The lowest BCUT2D eigenvalue weighted by molar-refractivity contribution is 0.669. The maximum Gasteiger partial charge on any atom is 0.136 e. The van der Waals surface area contributed by atoms with Crippen LogP contribution in [0.5, 0.6) is 0 Å². The van der Waals surface area contributed by atoms with Crippen molar-refractivity contribution in [3.63, 3.8) is 0 Å². The number of fused-ring (bicyclic) bond motifs is 10. The first-order valence-electron chi connectivity index (χ1n) is 17.2. The van der Waals surface area contributed by atoms with Crippen molar-refractivity contribution >= 4 is 71.2 Å². The highest BCUT2D eigenvalue weighted by molar-refractivity contribution is 6.36. The molecular weight excluding hydrogens is 607 g/mol. The number of hydrogen-bond acceptors (Lipinski definition) is 2. The van der Waals surface area contributed by atoms with Crippen LogP contribution in [0.25, 0.3) is 71.0 Å². The summed E-state index contributed by atoms with van der Waals surface area (Å²) in [6, 6.07) is 58.5. The van der Waals surface area contributed by atoms with Crippen molar-refractivity contribution in [2.75, 3.05) is 4.90 Å². The highest BCUT2D eigenvalue weighted by Crippen LogP contribution is 2.45. The van der Waals surface area contributed by atoms with Crippen molar-refractivity contribution in [1.82, 2.24) is 0 Å². The molecule has 9 aromatic rings. The molecule has 0 unspecified atom stereocenters. The summed E-state index contributed by atoms with van der Waals surface area (Å²) in [4.78, 5) is 2.32. The zero-order chi connectivity index (χ0) is 33.6. The molecule has 0 saturated heterocycles. The molecule has 0 aliphatic heterocycles. The molecule has 0 atom stereocenters. The molecule has 238 valence electrons. The lowest BCUT2D eigenvalue weighted by Gasteiger charge is -2.26. The van der Waals surface area contributed by atoms with Crippen LogP contribution in [0.4, 0.5) is 11.4 Å². The van der Waals surface area contributed by atoms with Gasteiger partial charge in [0.1, 0.15) is 11.2 Å². The van der Waals surface area contributed by atoms with Crippen molar-refractivity contribution in [2.24, 2.45) is 0 Å². The van der Waals surface area contributed by atoms with Crippen molar-refractivity contribution in [2.45, 2.75) is 13.8 Å². The molecule has 0 spiro atoms. The van der Waals surface area contributed by atoms with E-state index in [9.17, 15) is 0 Å². The minimum absolute atomic E-state index is 0.921. The fourth-order valence-corrected chi connectivity index (χ4v) is 7.59. The predicted octanol–water partition coefficient (Wildman–Crippen LogP) is 13.9. The van der Waals surface area contributed by atoms with E-state index >= 15 is 0 Å². The van der Waals surface area contributed by atoms with Gasteiger partial charge in [-0.25, -0.2) is 0 Å². The second-order valence-electron chi connectivity index (χ2n) is 13.0. The smallest absolute Gasteiger partial charge is 0.136 e. The van der Waals surface area contributed by atoms with E-state index in [0.29, 0.717) is 0 Å². The molecule has 0 N–H and O–H groups in total. The van der Waals surface area contributed by atoms with Gasteiger partial charge in [0.25, 0.3) is 0 Å². The summed E-state index contributed by atoms with van der Waals surface area (Å²) in [7, 11) is 0. The number of hydrogen-bond donors (Lipinski definition) is 0. The van der Waals surface area contributed by atoms with Crippen LogP contribution >= 0.6 is 0 Å². The van der Waals surface area contributed by atoms with E-state index in [4.69, 9.17) is 4.42 Å². The molecule has 50 heavy (non-hydrogen) atoms. The minimum atomic E-state index is 0.921. The standard InChI is InChI=1S/C48H35NO/c1-32(34-14-5-3-6-15-34)24-25-33(2)49(36-16-7-4-8-17-36)37-28-26-35(27-29-37)38-21-13-22-40-42-30-31-45-48(43-20-11-12-23-44(43)50-45)47(42)41-19-10-9-18-39(41)46(38)40/h3-31H,1-2H3/b32-24+,33-25+. The van der Waals surface area contributed by atoms with E-state index in [1.807, 2.05) is 6.07 Å². The molecule has 2 nitrogen and oxygen atoms in total. The van der Waals surface area contributed by atoms with Crippen molar-refractivity contribution < 1.29 is 4.42 Å². The van der Waals surface area contributed by atoms with Crippen LogP contribution in [0.1, 0.15) is 19.4 Å². The second-order valence-corrected chi connectivity index (χ2v) is 13.0. The SMILES string of the molecule is C/C(=C\C=C(/C)N(c1ccccc1)c1ccc(-c2cccc3c4ccc5oc6ccccc6c5c4c4ccccc4c23)cc1)c1ccccc1. The molecule has 9 rings (SSSR count). The van der Waals surface area contributed by atoms with E-state index in [0.717, 1.165) is 33.6 Å². The van der Waals surface area contributed by atoms with Gasteiger partial charge >= 0.3 is 0 Å². The Morgan fingerprint density at radius 3 is 1.76 bits per heavy atom. The second kappa shape index (κ2) is 12.3. The lowest BCUT2D eigenvalue weighted by Crippen LogP contribution is -2.14. The van der Waals surface area contributed by atoms with Gasteiger partial charge in [0.15, 0.2) is 0 Å². The van der Waals surface area contributed by atoms with Crippen LogP contribution in [-0.2, 0) is 0 Å². The Kier molecular flexibility index (Phi) is 7.29. The normalized spacial score (nSPS) is 12.4. The molecule has 0 fully saturated rings. The summed E-state index contributed by atoms with van der Waals surface area (Å²) in [5, 5.41) is 9.84.